The molecule has 9 rings (SSSR count). The molecule has 0 bridgehead atoms. The van der Waals surface area contributed by atoms with Gasteiger partial charge in [-0.1, -0.05) is 103 Å². The second-order valence-corrected chi connectivity index (χ2v) is 12.0. The van der Waals surface area contributed by atoms with E-state index < -0.39 is 0 Å². The van der Waals surface area contributed by atoms with E-state index in [1.807, 2.05) is 42.5 Å². The summed E-state index contributed by atoms with van der Waals surface area (Å²) in [5, 5.41) is 14.1. The predicted octanol–water partition coefficient (Wildman–Crippen LogP) is 11.6. The summed E-state index contributed by atoms with van der Waals surface area (Å²) in [7, 11) is 0. The van der Waals surface area contributed by atoms with Crippen molar-refractivity contribution >= 4 is 49.3 Å². The van der Waals surface area contributed by atoms with Gasteiger partial charge in [0.15, 0.2) is 5.69 Å². The fourth-order valence-corrected chi connectivity index (χ4v) is 7.23. The number of para-hydroxylation sites is 4. The molecule has 0 spiro atoms. The molecule has 0 amide bonds. The molecule has 2 heterocycles. The van der Waals surface area contributed by atoms with Crippen LogP contribution >= 0.6 is 0 Å². The lowest BCUT2D eigenvalue weighted by molar-refractivity contribution is 1.18. The predicted molar refractivity (Wildman–Crippen MR) is 197 cm³/mol. The zero-order valence-electron chi connectivity index (χ0n) is 25.8. The highest BCUT2D eigenvalue weighted by molar-refractivity contribution is 6.11. The Kier molecular flexibility index (Phi) is 6.22. The molecule has 4 heteroatoms. The van der Waals surface area contributed by atoms with Crippen LogP contribution in [0.5, 0.6) is 0 Å². The van der Waals surface area contributed by atoms with Crippen LogP contribution in [0.15, 0.2) is 158 Å². The zero-order chi connectivity index (χ0) is 32.2. The van der Waals surface area contributed by atoms with E-state index in [9.17, 15) is 5.26 Å². The Morgan fingerprint density at radius 2 is 1.04 bits per heavy atom. The van der Waals surface area contributed by atoms with Crippen molar-refractivity contribution in [2.75, 3.05) is 0 Å². The molecular weight excluding hydrogens is 585 g/mol. The van der Waals surface area contributed by atoms with E-state index >= 15 is 0 Å². The van der Waals surface area contributed by atoms with E-state index in [4.69, 9.17) is 6.57 Å². The van der Waals surface area contributed by atoms with E-state index in [2.05, 4.69) is 135 Å². The number of hydrogen-bond donors (Lipinski definition) is 0. The van der Waals surface area contributed by atoms with Crippen molar-refractivity contribution in [2.24, 2.45) is 0 Å². The summed E-state index contributed by atoms with van der Waals surface area (Å²) in [5.74, 6) is 0. The topological polar surface area (TPSA) is 38.0 Å². The normalized spacial score (nSPS) is 11.3. The molecule has 9 aromatic rings. The number of nitrogens with zero attached hydrogens (tertiary/aromatic N) is 4. The minimum atomic E-state index is 0.616. The van der Waals surface area contributed by atoms with Gasteiger partial charge < -0.3 is 9.13 Å². The van der Waals surface area contributed by atoms with Crippen LogP contribution in [0.4, 0.5) is 5.69 Å². The van der Waals surface area contributed by atoms with Gasteiger partial charge in [0.05, 0.1) is 46.0 Å². The summed E-state index contributed by atoms with van der Waals surface area (Å²) < 4.78 is 4.57. The second-order valence-electron chi connectivity index (χ2n) is 12.0. The highest BCUT2D eigenvalue weighted by Gasteiger charge is 2.18. The summed E-state index contributed by atoms with van der Waals surface area (Å²) >= 11 is 0. The Morgan fingerprint density at radius 1 is 0.479 bits per heavy atom. The van der Waals surface area contributed by atoms with Crippen LogP contribution in [0.2, 0.25) is 0 Å². The van der Waals surface area contributed by atoms with Crippen molar-refractivity contribution in [1.29, 1.82) is 5.26 Å². The lowest BCUT2D eigenvalue weighted by Crippen LogP contribution is -1.97. The average Bonchev–Trinajstić information content (AvgIpc) is 3.67. The fourth-order valence-electron chi connectivity index (χ4n) is 7.23. The van der Waals surface area contributed by atoms with Gasteiger partial charge in [0.2, 0.25) is 0 Å². The fraction of sp³-hybridized carbons (Fsp3) is 0. The van der Waals surface area contributed by atoms with Gasteiger partial charge in [-0.25, -0.2) is 4.85 Å². The third kappa shape index (κ3) is 4.14. The molecule has 0 aliphatic rings. The molecule has 4 nitrogen and oxygen atoms in total. The SMILES string of the molecule is [C-]#[N+]c1ccc(-c2ccc(-n3c4ccccc4c4cc(C#N)ccc43)cc2)cc1-c1ccccc1-n1c2ccccc2c2ccccc21. The van der Waals surface area contributed by atoms with Crippen LogP contribution in [0, 0.1) is 17.9 Å². The first kappa shape index (κ1) is 27.4. The third-order valence-corrected chi connectivity index (χ3v) is 9.39. The summed E-state index contributed by atoms with van der Waals surface area (Å²) in [6.07, 6.45) is 0. The minimum absolute atomic E-state index is 0.616. The number of rotatable bonds is 4. The Hall–Kier alpha value is -6.88. The van der Waals surface area contributed by atoms with Gasteiger partial charge in [0.1, 0.15) is 0 Å². The number of aromatic nitrogens is 2. The molecule has 0 aliphatic carbocycles. The summed E-state index contributed by atoms with van der Waals surface area (Å²) in [6, 6.07) is 56.6. The molecule has 0 atom stereocenters. The first-order valence-electron chi connectivity index (χ1n) is 15.9. The monoisotopic (exact) mass is 610 g/mol. The molecule has 0 saturated heterocycles. The van der Waals surface area contributed by atoms with Crippen molar-refractivity contribution in [1.82, 2.24) is 9.13 Å². The van der Waals surface area contributed by atoms with Crippen molar-refractivity contribution in [3.63, 3.8) is 0 Å². The van der Waals surface area contributed by atoms with Crippen LogP contribution in [0.1, 0.15) is 5.56 Å². The number of hydrogen-bond acceptors (Lipinski definition) is 1. The van der Waals surface area contributed by atoms with Gasteiger partial charge in [-0.3, -0.25) is 0 Å². The van der Waals surface area contributed by atoms with Crippen LogP contribution in [0.25, 0.3) is 82.1 Å². The molecule has 0 saturated carbocycles. The smallest absolute Gasteiger partial charge is 0.195 e. The van der Waals surface area contributed by atoms with E-state index in [-0.39, 0.29) is 0 Å². The second kappa shape index (κ2) is 10.9. The molecule has 7 aromatic carbocycles. The lowest BCUT2D eigenvalue weighted by atomic mass is 9.96. The van der Waals surface area contributed by atoms with Crippen LogP contribution in [-0.2, 0) is 0 Å². The van der Waals surface area contributed by atoms with Gasteiger partial charge in [0.25, 0.3) is 0 Å². The maximum atomic E-state index is 9.53. The molecule has 222 valence electrons. The van der Waals surface area contributed by atoms with Crippen molar-refractivity contribution in [3.8, 4) is 39.7 Å². The molecule has 0 aliphatic heterocycles. The Morgan fingerprint density at radius 3 is 1.71 bits per heavy atom. The van der Waals surface area contributed by atoms with Gasteiger partial charge in [-0.2, -0.15) is 5.26 Å². The maximum Gasteiger partial charge on any atom is 0.195 e. The van der Waals surface area contributed by atoms with Crippen LogP contribution in [0.3, 0.4) is 0 Å². The maximum absolute atomic E-state index is 9.53. The first-order valence-corrected chi connectivity index (χ1v) is 15.9. The summed E-state index contributed by atoms with van der Waals surface area (Å²) in [5.41, 5.74) is 11.8. The van der Waals surface area contributed by atoms with Crippen LogP contribution in [-0.4, -0.2) is 9.13 Å². The third-order valence-electron chi connectivity index (χ3n) is 9.39. The number of fused-ring (bicyclic) bond motifs is 6. The lowest BCUT2D eigenvalue weighted by Gasteiger charge is -2.16. The standard InChI is InChI=1S/C44H26N4/c1-46-39-24-21-31(30-19-22-32(23-20-30)47-40-14-6-5-13-36(40)38-26-29(28-45)18-25-44(38)47)27-37(39)35-12-4-9-17-43(35)48-41-15-7-2-10-33(41)34-11-3-8-16-42(34)48/h2-27H. The molecule has 0 N–H and O–H groups in total. The van der Waals surface area contributed by atoms with Gasteiger partial charge in [0, 0.05) is 27.2 Å². The molecular formula is C44H26N4. The Labute approximate surface area is 277 Å². The Bertz CT molecular complexity index is 2750. The van der Waals surface area contributed by atoms with E-state index in [1.165, 1.54) is 10.8 Å². The number of nitriles is 1. The minimum Gasteiger partial charge on any atom is -0.309 e. The molecule has 48 heavy (non-hydrogen) atoms. The highest BCUT2D eigenvalue weighted by Crippen LogP contribution is 2.41. The van der Waals surface area contributed by atoms with Crippen molar-refractivity contribution in [3.05, 3.63) is 175 Å². The van der Waals surface area contributed by atoms with Crippen LogP contribution < -0.4 is 0 Å². The van der Waals surface area contributed by atoms with Gasteiger partial charge >= 0.3 is 0 Å². The van der Waals surface area contributed by atoms with E-state index in [0.29, 0.717) is 11.3 Å². The molecule has 2 aromatic heterocycles. The average molecular weight is 611 g/mol. The molecule has 0 unspecified atom stereocenters. The summed E-state index contributed by atoms with van der Waals surface area (Å²) in [6.45, 7) is 8.08. The Balaban J connectivity index is 1.18. The first-order chi connectivity index (χ1) is 23.7. The van der Waals surface area contributed by atoms with E-state index in [1.54, 1.807) is 0 Å². The van der Waals surface area contributed by atoms with Crippen molar-refractivity contribution in [2.45, 2.75) is 0 Å². The molecule has 0 fully saturated rings. The molecule has 0 radical (unpaired) electrons. The largest absolute Gasteiger partial charge is 0.309 e. The van der Waals surface area contributed by atoms with E-state index in [0.717, 1.165) is 66.5 Å². The number of benzene rings is 7. The van der Waals surface area contributed by atoms with Crippen molar-refractivity contribution < 1.29 is 0 Å². The quantitative estimate of drug-likeness (QED) is 0.183. The highest BCUT2D eigenvalue weighted by atomic mass is 15.0. The van der Waals surface area contributed by atoms with Gasteiger partial charge in [-0.15, -0.1) is 0 Å². The summed E-state index contributed by atoms with van der Waals surface area (Å²) in [4.78, 5) is 3.96. The zero-order valence-corrected chi connectivity index (χ0v) is 25.8. The van der Waals surface area contributed by atoms with Gasteiger partial charge in [-0.05, 0) is 76.9 Å².